The van der Waals surface area contributed by atoms with Crippen LogP contribution in [-0.2, 0) is 6.42 Å². The molecule has 4 heteroatoms. The number of aromatic nitrogens is 1. The monoisotopic (exact) mass is 444 g/mol. The van der Waals surface area contributed by atoms with Crippen molar-refractivity contribution in [3.8, 4) is 0 Å². The lowest BCUT2D eigenvalue weighted by atomic mass is 9.99. The van der Waals surface area contributed by atoms with Crippen LogP contribution in [0.4, 0.5) is 0 Å². The van der Waals surface area contributed by atoms with Gasteiger partial charge in [-0.1, -0.05) is 22.9 Å². The molecule has 2 aromatic rings. The highest BCUT2D eigenvalue weighted by atomic mass is 127. The van der Waals surface area contributed by atoms with Gasteiger partial charge in [0.05, 0.1) is 0 Å². The molecule has 20 heavy (non-hydrogen) atoms. The lowest BCUT2D eigenvalue weighted by molar-refractivity contribution is 0.527. The minimum atomic E-state index is 0.335. The highest BCUT2D eigenvalue weighted by Crippen LogP contribution is 2.26. The standard InChI is InChI=1S/C16H18BrIN2/c1-2-7-20-16(10-12-5-8-19-9-6-12)14-11-13(17)3-4-15(14)18/h3-6,8-9,11,16,20H,2,7,10H2,1H3. The Balaban J connectivity index is 2.24. The number of pyridine rings is 1. The first-order chi connectivity index (χ1) is 9.70. The fourth-order valence-electron chi connectivity index (χ4n) is 2.15. The van der Waals surface area contributed by atoms with Crippen LogP contribution in [0.2, 0.25) is 0 Å². The number of rotatable bonds is 6. The first-order valence-corrected chi connectivity index (χ1v) is 8.65. The summed E-state index contributed by atoms with van der Waals surface area (Å²) in [6, 6.07) is 11.0. The maximum Gasteiger partial charge on any atom is 0.0371 e. The average molecular weight is 445 g/mol. The van der Waals surface area contributed by atoms with Crippen LogP contribution in [-0.4, -0.2) is 11.5 Å². The van der Waals surface area contributed by atoms with Crippen LogP contribution in [0, 0.1) is 3.57 Å². The lowest BCUT2D eigenvalue weighted by Crippen LogP contribution is -2.25. The van der Waals surface area contributed by atoms with Crippen molar-refractivity contribution in [2.75, 3.05) is 6.54 Å². The molecular formula is C16H18BrIN2. The lowest BCUT2D eigenvalue weighted by Gasteiger charge is -2.21. The Morgan fingerprint density at radius 3 is 2.70 bits per heavy atom. The van der Waals surface area contributed by atoms with Gasteiger partial charge in [0, 0.05) is 26.5 Å². The smallest absolute Gasteiger partial charge is 0.0371 e. The van der Waals surface area contributed by atoms with Crippen LogP contribution in [0.1, 0.15) is 30.5 Å². The Hall–Kier alpha value is -0.460. The van der Waals surface area contributed by atoms with E-state index in [-0.39, 0.29) is 0 Å². The summed E-state index contributed by atoms with van der Waals surface area (Å²) < 4.78 is 2.43. The molecule has 0 saturated heterocycles. The number of nitrogens with zero attached hydrogens (tertiary/aromatic N) is 1. The predicted octanol–water partition coefficient (Wildman–Crippen LogP) is 4.73. The van der Waals surface area contributed by atoms with E-state index >= 15 is 0 Å². The Morgan fingerprint density at radius 2 is 2.00 bits per heavy atom. The minimum Gasteiger partial charge on any atom is -0.310 e. The summed E-state index contributed by atoms with van der Waals surface area (Å²) >= 11 is 5.99. The number of benzene rings is 1. The Kier molecular flexibility index (Phi) is 6.45. The maximum atomic E-state index is 4.09. The first kappa shape index (κ1) is 15.9. The SMILES string of the molecule is CCCNC(Cc1ccncc1)c1cc(Br)ccc1I. The molecule has 1 heterocycles. The van der Waals surface area contributed by atoms with Crippen molar-refractivity contribution < 1.29 is 0 Å². The molecule has 0 aliphatic carbocycles. The highest BCUT2D eigenvalue weighted by molar-refractivity contribution is 14.1. The summed E-state index contributed by atoms with van der Waals surface area (Å²) in [5.41, 5.74) is 2.66. The highest BCUT2D eigenvalue weighted by Gasteiger charge is 2.15. The Labute approximate surface area is 142 Å². The molecule has 0 bridgehead atoms. The molecule has 2 nitrogen and oxygen atoms in total. The number of hydrogen-bond donors (Lipinski definition) is 1. The molecule has 1 aromatic carbocycles. The molecule has 0 radical (unpaired) electrons. The molecular weight excluding hydrogens is 427 g/mol. The molecule has 1 unspecified atom stereocenters. The second-order valence-electron chi connectivity index (χ2n) is 4.73. The summed E-state index contributed by atoms with van der Waals surface area (Å²) in [5, 5.41) is 3.66. The van der Waals surface area contributed by atoms with Gasteiger partial charge in [0.15, 0.2) is 0 Å². The van der Waals surface area contributed by atoms with Crippen LogP contribution in [0.5, 0.6) is 0 Å². The van der Waals surface area contributed by atoms with Crippen molar-refractivity contribution in [1.82, 2.24) is 10.3 Å². The van der Waals surface area contributed by atoms with Crippen molar-refractivity contribution in [2.24, 2.45) is 0 Å². The molecule has 2 rings (SSSR count). The van der Waals surface area contributed by atoms with Crippen LogP contribution in [0.15, 0.2) is 47.2 Å². The van der Waals surface area contributed by atoms with Crippen molar-refractivity contribution in [3.63, 3.8) is 0 Å². The van der Waals surface area contributed by atoms with Gasteiger partial charge in [0.1, 0.15) is 0 Å². The van der Waals surface area contributed by atoms with E-state index in [1.807, 2.05) is 12.4 Å². The van der Waals surface area contributed by atoms with Gasteiger partial charge >= 0.3 is 0 Å². The number of nitrogens with one attached hydrogen (secondary N) is 1. The molecule has 0 fully saturated rings. The Bertz CT molecular complexity index is 545. The average Bonchev–Trinajstić information content (AvgIpc) is 2.47. The van der Waals surface area contributed by atoms with Gasteiger partial charge in [-0.15, -0.1) is 0 Å². The van der Waals surface area contributed by atoms with Gasteiger partial charge in [-0.3, -0.25) is 4.98 Å². The molecule has 0 aliphatic heterocycles. The zero-order chi connectivity index (χ0) is 14.4. The summed E-state index contributed by atoms with van der Waals surface area (Å²) in [4.78, 5) is 4.09. The van der Waals surface area contributed by atoms with Crippen LogP contribution in [0.3, 0.4) is 0 Å². The molecule has 106 valence electrons. The third-order valence-electron chi connectivity index (χ3n) is 3.16. The van der Waals surface area contributed by atoms with Crippen molar-refractivity contribution in [1.29, 1.82) is 0 Å². The van der Waals surface area contributed by atoms with Gasteiger partial charge in [0.2, 0.25) is 0 Å². The van der Waals surface area contributed by atoms with Crippen LogP contribution in [0.25, 0.3) is 0 Å². The topological polar surface area (TPSA) is 24.9 Å². The van der Waals surface area contributed by atoms with Crippen LogP contribution >= 0.6 is 38.5 Å². The van der Waals surface area contributed by atoms with Gasteiger partial charge in [-0.25, -0.2) is 0 Å². The summed E-state index contributed by atoms with van der Waals surface area (Å²) in [5.74, 6) is 0. The molecule has 0 spiro atoms. The van der Waals surface area contributed by atoms with Crippen molar-refractivity contribution >= 4 is 38.5 Å². The third kappa shape index (κ3) is 4.53. The van der Waals surface area contributed by atoms with Crippen LogP contribution < -0.4 is 5.32 Å². The zero-order valence-corrected chi connectivity index (χ0v) is 15.2. The van der Waals surface area contributed by atoms with Gasteiger partial charge in [-0.2, -0.15) is 0 Å². The zero-order valence-electron chi connectivity index (χ0n) is 11.4. The molecule has 0 amide bonds. The largest absolute Gasteiger partial charge is 0.310 e. The fourth-order valence-corrected chi connectivity index (χ4v) is 3.24. The van der Waals surface area contributed by atoms with Crippen molar-refractivity contribution in [2.45, 2.75) is 25.8 Å². The normalized spacial score (nSPS) is 12.3. The molecule has 0 aliphatic rings. The summed E-state index contributed by atoms with van der Waals surface area (Å²) in [6.45, 7) is 3.22. The summed E-state index contributed by atoms with van der Waals surface area (Å²) in [6.07, 6.45) is 5.84. The third-order valence-corrected chi connectivity index (χ3v) is 4.64. The van der Waals surface area contributed by atoms with E-state index in [0.717, 1.165) is 23.9 Å². The maximum absolute atomic E-state index is 4.09. The first-order valence-electron chi connectivity index (χ1n) is 6.78. The van der Waals surface area contributed by atoms with E-state index in [1.165, 1.54) is 14.7 Å². The Morgan fingerprint density at radius 1 is 1.25 bits per heavy atom. The van der Waals surface area contributed by atoms with E-state index < -0.39 is 0 Å². The van der Waals surface area contributed by atoms with E-state index in [2.05, 4.69) is 86.1 Å². The van der Waals surface area contributed by atoms with E-state index in [9.17, 15) is 0 Å². The molecule has 1 atom stereocenters. The number of halogens is 2. The quantitative estimate of drug-likeness (QED) is 0.651. The fraction of sp³-hybridized carbons (Fsp3) is 0.312. The van der Waals surface area contributed by atoms with Crippen molar-refractivity contribution in [3.05, 3.63) is 61.9 Å². The summed E-state index contributed by atoms with van der Waals surface area (Å²) in [7, 11) is 0. The molecule has 0 saturated carbocycles. The molecule has 1 aromatic heterocycles. The molecule has 1 N–H and O–H groups in total. The van der Waals surface area contributed by atoms with Gasteiger partial charge in [-0.05, 0) is 83.4 Å². The van der Waals surface area contributed by atoms with E-state index in [0.29, 0.717) is 6.04 Å². The minimum absolute atomic E-state index is 0.335. The van der Waals surface area contributed by atoms with E-state index in [4.69, 9.17) is 0 Å². The van der Waals surface area contributed by atoms with Gasteiger partial charge in [0.25, 0.3) is 0 Å². The second-order valence-corrected chi connectivity index (χ2v) is 6.81. The predicted molar refractivity (Wildman–Crippen MR) is 95.8 cm³/mol. The number of hydrogen-bond acceptors (Lipinski definition) is 2. The van der Waals surface area contributed by atoms with E-state index in [1.54, 1.807) is 0 Å². The van der Waals surface area contributed by atoms with Gasteiger partial charge < -0.3 is 5.32 Å². The second kappa shape index (κ2) is 8.10.